The quantitative estimate of drug-likeness (QED) is 0.0852. The Morgan fingerprint density at radius 2 is 0.778 bits per heavy atom. The topological polar surface area (TPSA) is 61.8 Å². The summed E-state index contributed by atoms with van der Waals surface area (Å²) in [4.78, 5) is 0. The highest BCUT2D eigenvalue weighted by Gasteiger charge is 2.54. The lowest BCUT2D eigenvalue weighted by Gasteiger charge is -2.47. The van der Waals surface area contributed by atoms with Crippen molar-refractivity contribution in [2.24, 2.45) is 0 Å². The molecule has 5 nitrogen and oxygen atoms in total. The number of benzene rings is 8. The van der Waals surface area contributed by atoms with E-state index in [0.717, 1.165) is 53.6 Å². The minimum Gasteiger partial charge on any atom is -0.442 e. The average Bonchev–Trinajstić information content (AvgIpc) is 3.35. The summed E-state index contributed by atoms with van der Waals surface area (Å²) >= 11 is 0. The molecule has 2 aliphatic heterocycles. The van der Waals surface area contributed by atoms with Gasteiger partial charge >= 0.3 is 0 Å². The predicted octanol–water partition coefficient (Wildman–Crippen LogP) is 10.6. The monoisotopic (exact) mass is 894 g/mol. The summed E-state index contributed by atoms with van der Waals surface area (Å²) in [6.07, 6.45) is 1.18. The van der Waals surface area contributed by atoms with E-state index in [9.17, 15) is 0 Å². The molecule has 0 saturated heterocycles. The summed E-state index contributed by atoms with van der Waals surface area (Å²) in [6.45, 7) is 2.29. The Morgan fingerprint density at radius 3 is 1.22 bits per heavy atom. The van der Waals surface area contributed by atoms with E-state index >= 15 is 9.13 Å². The Labute approximate surface area is 372 Å². The lowest BCUT2D eigenvalue weighted by atomic mass is 10.0. The summed E-state index contributed by atoms with van der Waals surface area (Å²) in [5.74, 6) is 1.30. The summed E-state index contributed by atoms with van der Waals surface area (Å²) in [5.41, 5.74) is 3.72. The molecular weight excluding hydrogens is 847 g/mol. The Morgan fingerprint density at radius 1 is 0.429 bits per heavy atom. The van der Waals surface area contributed by atoms with Crippen molar-refractivity contribution in [2.75, 3.05) is 12.3 Å². The SMILES string of the molecule is CC(CCP1(=O)Oc2ccccc2-c2ccccc21)[Si](O[Si](CCP1(=O)Oc2ccccc2-c2ccccc21)(c1ccccc1)c1ccccc1)(c1ccccc1)c1ccccc1. The van der Waals surface area contributed by atoms with E-state index in [1.807, 2.05) is 97.1 Å². The lowest BCUT2D eigenvalue weighted by molar-refractivity contribution is 0.484. The van der Waals surface area contributed by atoms with Crippen molar-refractivity contribution in [1.29, 1.82) is 0 Å². The van der Waals surface area contributed by atoms with Gasteiger partial charge in [-0.2, -0.15) is 0 Å². The van der Waals surface area contributed by atoms with Crippen LogP contribution in [0.25, 0.3) is 22.3 Å². The molecule has 3 atom stereocenters. The van der Waals surface area contributed by atoms with Gasteiger partial charge < -0.3 is 13.2 Å². The van der Waals surface area contributed by atoms with Gasteiger partial charge in [0.2, 0.25) is 16.6 Å². The van der Waals surface area contributed by atoms with Gasteiger partial charge in [-0.3, -0.25) is 9.13 Å². The molecule has 0 spiro atoms. The molecule has 0 aromatic heterocycles. The van der Waals surface area contributed by atoms with Gasteiger partial charge in [-0.15, -0.1) is 0 Å². The molecule has 0 amide bonds. The molecule has 2 aliphatic rings. The number of hydrogen-bond donors (Lipinski definition) is 0. The molecule has 3 unspecified atom stereocenters. The Bertz CT molecular complexity index is 2910. The molecule has 0 aliphatic carbocycles. The van der Waals surface area contributed by atoms with Crippen molar-refractivity contribution in [3.63, 3.8) is 0 Å². The van der Waals surface area contributed by atoms with Crippen LogP contribution in [0.4, 0.5) is 0 Å². The third-order valence-electron chi connectivity index (χ3n) is 12.9. The van der Waals surface area contributed by atoms with E-state index in [0.29, 0.717) is 30.1 Å². The van der Waals surface area contributed by atoms with Gasteiger partial charge in [0.25, 0.3) is 14.7 Å². The fraction of sp³-hybridized carbons (Fsp3) is 0.111. The number of hydrogen-bond acceptors (Lipinski definition) is 5. The number of para-hydroxylation sites is 2. The molecule has 0 fully saturated rings. The first-order valence-corrected chi connectivity index (χ1v) is 29.4. The zero-order valence-electron chi connectivity index (χ0n) is 35.1. The van der Waals surface area contributed by atoms with Gasteiger partial charge in [0.1, 0.15) is 11.5 Å². The molecule has 0 saturated carbocycles. The molecule has 0 N–H and O–H groups in total. The van der Waals surface area contributed by atoms with Crippen LogP contribution in [0.2, 0.25) is 11.6 Å². The minimum atomic E-state index is -3.49. The zero-order valence-corrected chi connectivity index (χ0v) is 38.9. The van der Waals surface area contributed by atoms with Crippen molar-refractivity contribution in [3.8, 4) is 33.8 Å². The van der Waals surface area contributed by atoms with E-state index in [4.69, 9.17) is 13.2 Å². The summed E-state index contributed by atoms with van der Waals surface area (Å²) in [5, 5.41) is 5.95. The van der Waals surface area contributed by atoms with Crippen LogP contribution in [0.5, 0.6) is 11.5 Å². The Kier molecular flexibility index (Phi) is 11.2. The van der Waals surface area contributed by atoms with Crippen molar-refractivity contribution in [1.82, 2.24) is 0 Å². The fourth-order valence-corrected chi connectivity index (χ4v) is 27.8. The van der Waals surface area contributed by atoms with Crippen molar-refractivity contribution in [3.05, 3.63) is 218 Å². The first-order valence-electron chi connectivity index (χ1n) is 21.7. The Hall–Kier alpha value is -5.79. The third kappa shape index (κ3) is 7.42. The molecule has 0 radical (unpaired) electrons. The van der Waals surface area contributed by atoms with Gasteiger partial charge in [0, 0.05) is 23.5 Å². The second-order valence-corrected chi connectivity index (χ2v) is 29.2. The van der Waals surface area contributed by atoms with Gasteiger partial charge in [-0.25, -0.2) is 0 Å². The zero-order chi connectivity index (χ0) is 42.9. The van der Waals surface area contributed by atoms with Crippen LogP contribution in [-0.2, 0) is 13.2 Å². The van der Waals surface area contributed by atoms with Gasteiger partial charge in [-0.05, 0) is 74.1 Å². The molecule has 8 aromatic carbocycles. The first-order chi connectivity index (χ1) is 30.8. The Balaban J connectivity index is 1.14. The van der Waals surface area contributed by atoms with Crippen LogP contribution in [0, 0.1) is 0 Å². The molecule has 63 heavy (non-hydrogen) atoms. The number of rotatable bonds is 13. The molecule has 9 heteroatoms. The third-order valence-corrected chi connectivity index (χ3v) is 28.5. The van der Waals surface area contributed by atoms with Gasteiger partial charge in [-0.1, -0.05) is 201 Å². The van der Waals surface area contributed by atoms with Crippen molar-refractivity contribution >= 4 is 62.7 Å². The molecule has 312 valence electrons. The summed E-state index contributed by atoms with van der Waals surface area (Å²) < 4.78 is 53.2. The minimum absolute atomic E-state index is 0.102. The van der Waals surface area contributed by atoms with Crippen LogP contribution in [-0.4, -0.2) is 29.0 Å². The molecule has 0 bridgehead atoms. The highest BCUT2D eigenvalue weighted by atomic mass is 31.2. The second-order valence-electron chi connectivity index (χ2n) is 16.6. The number of fused-ring (bicyclic) bond motifs is 6. The predicted molar refractivity (Wildman–Crippen MR) is 265 cm³/mol. The van der Waals surface area contributed by atoms with Crippen molar-refractivity contribution in [2.45, 2.75) is 24.9 Å². The van der Waals surface area contributed by atoms with Gasteiger partial charge in [0.05, 0.1) is 10.6 Å². The van der Waals surface area contributed by atoms with Crippen molar-refractivity contribution < 1.29 is 22.3 Å². The smallest absolute Gasteiger partial charge is 0.277 e. The largest absolute Gasteiger partial charge is 0.442 e. The maximum absolute atomic E-state index is 15.8. The van der Waals surface area contributed by atoms with E-state index in [2.05, 4.69) is 128 Å². The van der Waals surface area contributed by atoms with Crippen LogP contribution in [0.1, 0.15) is 13.3 Å². The maximum atomic E-state index is 15.8. The fourth-order valence-electron chi connectivity index (χ4n) is 9.79. The first kappa shape index (κ1) is 41.2. The van der Waals surface area contributed by atoms with Crippen LogP contribution in [0.3, 0.4) is 0 Å². The lowest BCUT2D eigenvalue weighted by Crippen LogP contribution is -2.74. The van der Waals surface area contributed by atoms with E-state index in [1.54, 1.807) is 0 Å². The summed E-state index contributed by atoms with van der Waals surface area (Å²) in [7, 11) is -13.7. The normalized spacial score (nSPS) is 18.0. The van der Waals surface area contributed by atoms with E-state index < -0.39 is 31.4 Å². The van der Waals surface area contributed by atoms with E-state index in [-0.39, 0.29) is 11.7 Å². The van der Waals surface area contributed by atoms with Crippen LogP contribution >= 0.6 is 14.7 Å². The highest BCUT2D eigenvalue weighted by molar-refractivity contribution is 7.68. The molecule has 8 aromatic rings. The highest BCUT2D eigenvalue weighted by Crippen LogP contribution is 2.57. The molecule has 2 heterocycles. The molecule has 10 rings (SSSR count). The van der Waals surface area contributed by atoms with E-state index in [1.165, 1.54) is 0 Å². The molecular formula is C54H48O5P2Si2. The summed E-state index contributed by atoms with van der Waals surface area (Å²) in [6, 6.07) is 74.9. The van der Waals surface area contributed by atoms with Crippen LogP contribution in [0.15, 0.2) is 218 Å². The van der Waals surface area contributed by atoms with Crippen LogP contribution < -0.4 is 40.4 Å². The van der Waals surface area contributed by atoms with Gasteiger partial charge in [0.15, 0.2) is 0 Å². The second kappa shape index (κ2) is 17.1. The maximum Gasteiger partial charge on any atom is 0.277 e. The average molecular weight is 895 g/mol. The standard InChI is InChI=1S/C54H48O5P2Si2/c1-42(38-39-60(55)53-36-20-16-32-49(53)47-30-14-18-34-51(47)57-60)63(45-26-10-4-11-27-45,46-28-12-5-13-29-46)59-62(43-22-6-2-7-23-43,44-24-8-3-9-25-44)41-40-61(56)54-37-21-17-33-50(54)48-31-15-19-35-52(48)58-61/h2-37,42H,38-41H2,1H3.